The minimum Gasteiger partial charge on any atom is -0.465 e. The van der Waals surface area contributed by atoms with Crippen molar-refractivity contribution in [3.63, 3.8) is 0 Å². The average Bonchev–Trinajstić information content (AvgIpc) is 2.74. The van der Waals surface area contributed by atoms with E-state index < -0.39 is 27.0 Å². The van der Waals surface area contributed by atoms with Gasteiger partial charge in [-0.2, -0.15) is 4.31 Å². The number of esters is 1. The quantitative estimate of drug-likeness (QED) is 0.320. The number of rotatable bonds is 10. The number of nitro groups is 1. The first kappa shape index (κ1) is 23.5. The molecule has 9 heteroatoms. The molecule has 0 saturated carbocycles. The van der Waals surface area contributed by atoms with Crippen LogP contribution in [0.4, 0.5) is 5.69 Å². The second-order valence-corrected chi connectivity index (χ2v) is 8.76. The number of hydrogen-bond donors (Lipinski definition) is 0. The van der Waals surface area contributed by atoms with E-state index in [0.29, 0.717) is 12.0 Å². The summed E-state index contributed by atoms with van der Waals surface area (Å²) < 4.78 is 33.4. The molecule has 162 valence electrons. The first-order chi connectivity index (χ1) is 14.2. The van der Waals surface area contributed by atoms with Gasteiger partial charge in [-0.1, -0.05) is 56.7 Å². The topological polar surface area (TPSA) is 107 Å². The Bertz CT molecular complexity index is 978. The zero-order valence-corrected chi connectivity index (χ0v) is 18.0. The number of carbonyl (C=O) groups excluding carboxylic acids is 1. The molecule has 0 unspecified atom stereocenters. The minimum absolute atomic E-state index is 0.0698. The van der Waals surface area contributed by atoms with Crippen LogP contribution >= 0.6 is 0 Å². The second-order valence-electron chi connectivity index (χ2n) is 6.87. The number of sulfonamides is 1. The maximum Gasteiger partial charge on any atom is 0.324 e. The van der Waals surface area contributed by atoms with Gasteiger partial charge in [0.05, 0.1) is 16.4 Å². The smallest absolute Gasteiger partial charge is 0.324 e. The monoisotopic (exact) mass is 434 g/mol. The van der Waals surface area contributed by atoms with Crippen molar-refractivity contribution in [1.29, 1.82) is 0 Å². The van der Waals surface area contributed by atoms with Gasteiger partial charge in [-0.15, -0.1) is 0 Å². The molecule has 30 heavy (non-hydrogen) atoms. The van der Waals surface area contributed by atoms with Gasteiger partial charge in [0.1, 0.15) is 6.04 Å². The molecule has 2 atom stereocenters. The lowest BCUT2D eigenvalue weighted by atomic mass is 9.99. The van der Waals surface area contributed by atoms with E-state index in [4.69, 9.17) is 4.74 Å². The molecule has 2 aromatic carbocycles. The van der Waals surface area contributed by atoms with Gasteiger partial charge in [-0.3, -0.25) is 14.9 Å². The molecule has 0 saturated heterocycles. The van der Waals surface area contributed by atoms with Crippen LogP contribution in [0.15, 0.2) is 59.5 Å². The van der Waals surface area contributed by atoms with Crippen LogP contribution in [0.5, 0.6) is 0 Å². The SMILES string of the molecule is CCOC(=O)[C@@H]([C@H](C)CC)N(Cc1ccccc1)S(=O)(=O)c1cccc([N+](=O)[O-])c1. The number of non-ortho nitro benzene ring substituents is 1. The Labute approximate surface area is 176 Å². The molecule has 0 fully saturated rings. The lowest BCUT2D eigenvalue weighted by Crippen LogP contribution is -2.48. The highest BCUT2D eigenvalue weighted by Crippen LogP contribution is 2.28. The lowest BCUT2D eigenvalue weighted by molar-refractivity contribution is -0.385. The zero-order chi connectivity index (χ0) is 22.3. The molecule has 0 amide bonds. The van der Waals surface area contributed by atoms with Crippen LogP contribution < -0.4 is 0 Å². The van der Waals surface area contributed by atoms with Crippen molar-refractivity contribution >= 4 is 21.7 Å². The lowest BCUT2D eigenvalue weighted by Gasteiger charge is -2.33. The summed E-state index contributed by atoms with van der Waals surface area (Å²) in [4.78, 5) is 23.0. The average molecular weight is 435 g/mol. The first-order valence-electron chi connectivity index (χ1n) is 9.69. The number of carbonyl (C=O) groups is 1. The summed E-state index contributed by atoms with van der Waals surface area (Å²) in [5.41, 5.74) is 0.344. The van der Waals surface area contributed by atoms with Gasteiger partial charge in [0.15, 0.2) is 0 Å². The third-order valence-electron chi connectivity index (χ3n) is 4.84. The predicted octanol–water partition coefficient (Wildman–Crippen LogP) is 3.76. The summed E-state index contributed by atoms with van der Waals surface area (Å²) >= 11 is 0. The Morgan fingerprint density at radius 3 is 2.37 bits per heavy atom. The Balaban J connectivity index is 2.62. The van der Waals surface area contributed by atoms with Crippen LogP contribution in [0.3, 0.4) is 0 Å². The molecule has 0 N–H and O–H groups in total. The van der Waals surface area contributed by atoms with Gasteiger partial charge in [-0.25, -0.2) is 8.42 Å². The van der Waals surface area contributed by atoms with Crippen LogP contribution in [0.2, 0.25) is 0 Å². The van der Waals surface area contributed by atoms with E-state index in [9.17, 15) is 23.3 Å². The van der Waals surface area contributed by atoms with E-state index >= 15 is 0 Å². The number of benzene rings is 2. The number of nitrogens with zero attached hydrogens (tertiary/aromatic N) is 2. The molecule has 0 aliphatic carbocycles. The summed E-state index contributed by atoms with van der Waals surface area (Å²) in [6.45, 7) is 5.34. The van der Waals surface area contributed by atoms with Crippen molar-refractivity contribution in [2.75, 3.05) is 6.61 Å². The van der Waals surface area contributed by atoms with Gasteiger partial charge in [0, 0.05) is 18.7 Å². The van der Waals surface area contributed by atoms with E-state index in [2.05, 4.69) is 0 Å². The highest BCUT2D eigenvalue weighted by Gasteiger charge is 2.40. The molecule has 0 bridgehead atoms. The van der Waals surface area contributed by atoms with Crippen molar-refractivity contribution in [2.45, 2.75) is 44.7 Å². The minimum atomic E-state index is -4.24. The maximum atomic E-state index is 13.6. The van der Waals surface area contributed by atoms with E-state index in [1.165, 1.54) is 18.2 Å². The molecule has 0 spiro atoms. The summed E-state index contributed by atoms with van der Waals surface area (Å²) in [6.07, 6.45) is 0.541. The van der Waals surface area contributed by atoms with Gasteiger partial charge in [0.2, 0.25) is 10.0 Å². The Morgan fingerprint density at radius 2 is 1.80 bits per heavy atom. The van der Waals surface area contributed by atoms with Crippen LogP contribution in [-0.4, -0.2) is 36.3 Å². The molecule has 8 nitrogen and oxygen atoms in total. The molecular formula is C21H26N2O6S. The first-order valence-corrected chi connectivity index (χ1v) is 11.1. The van der Waals surface area contributed by atoms with E-state index in [0.717, 1.165) is 10.4 Å². The zero-order valence-electron chi connectivity index (χ0n) is 17.2. The highest BCUT2D eigenvalue weighted by atomic mass is 32.2. The van der Waals surface area contributed by atoms with E-state index in [-0.39, 0.29) is 29.7 Å². The second kappa shape index (κ2) is 10.3. The molecule has 2 rings (SSSR count). The van der Waals surface area contributed by atoms with Gasteiger partial charge >= 0.3 is 5.97 Å². The van der Waals surface area contributed by atoms with Crippen LogP contribution in [0.25, 0.3) is 0 Å². The number of ether oxygens (including phenoxy) is 1. The molecule has 0 heterocycles. The normalized spacial score (nSPS) is 13.6. The van der Waals surface area contributed by atoms with Gasteiger partial charge in [0.25, 0.3) is 5.69 Å². The van der Waals surface area contributed by atoms with Crippen molar-refractivity contribution < 1.29 is 22.9 Å². The standard InChI is InChI=1S/C21H26N2O6S/c1-4-16(3)20(21(24)29-5-2)22(15-17-10-7-6-8-11-17)30(27,28)19-13-9-12-18(14-19)23(25)26/h6-14,16,20H,4-5,15H2,1-3H3/t16-,20-/m1/s1. The van der Waals surface area contributed by atoms with E-state index in [1.807, 2.05) is 6.92 Å². The summed E-state index contributed by atoms with van der Waals surface area (Å²) in [5, 5.41) is 11.1. The van der Waals surface area contributed by atoms with Crippen LogP contribution in [-0.2, 0) is 26.1 Å². The fraction of sp³-hybridized carbons (Fsp3) is 0.381. The molecule has 0 aliphatic rings. The summed E-state index contributed by atoms with van der Waals surface area (Å²) in [6, 6.07) is 12.6. The third kappa shape index (κ3) is 5.43. The van der Waals surface area contributed by atoms with Crippen molar-refractivity contribution in [1.82, 2.24) is 4.31 Å². The molecule has 2 aromatic rings. The Hall–Kier alpha value is -2.78. The van der Waals surface area contributed by atoms with Crippen molar-refractivity contribution in [3.05, 3.63) is 70.3 Å². The van der Waals surface area contributed by atoms with Gasteiger partial charge in [-0.05, 0) is 24.5 Å². The fourth-order valence-corrected chi connectivity index (χ4v) is 4.78. The van der Waals surface area contributed by atoms with Gasteiger partial charge < -0.3 is 4.74 Å². The Kier molecular flexibility index (Phi) is 8.08. The Morgan fingerprint density at radius 1 is 1.13 bits per heavy atom. The fourth-order valence-electron chi connectivity index (χ4n) is 3.07. The van der Waals surface area contributed by atoms with Crippen LogP contribution in [0.1, 0.15) is 32.8 Å². The third-order valence-corrected chi connectivity index (χ3v) is 6.66. The molecular weight excluding hydrogens is 408 g/mol. The maximum absolute atomic E-state index is 13.6. The van der Waals surface area contributed by atoms with Crippen molar-refractivity contribution in [2.24, 2.45) is 5.92 Å². The van der Waals surface area contributed by atoms with E-state index in [1.54, 1.807) is 44.2 Å². The molecule has 0 aliphatic heterocycles. The molecule has 0 aromatic heterocycles. The molecule has 0 radical (unpaired) electrons. The summed E-state index contributed by atoms with van der Waals surface area (Å²) in [7, 11) is -4.24. The summed E-state index contributed by atoms with van der Waals surface area (Å²) in [5.74, 6) is -0.974. The number of hydrogen-bond acceptors (Lipinski definition) is 6. The van der Waals surface area contributed by atoms with Crippen molar-refractivity contribution in [3.8, 4) is 0 Å². The number of nitro benzene ring substituents is 1. The highest BCUT2D eigenvalue weighted by molar-refractivity contribution is 7.89. The van der Waals surface area contributed by atoms with Crippen LogP contribution in [0, 0.1) is 16.0 Å². The largest absolute Gasteiger partial charge is 0.465 e. The predicted molar refractivity (Wildman–Crippen MR) is 112 cm³/mol.